The molecular formula is C46H54O3S2Si. The normalized spacial score (nSPS) is 16.9. The Kier molecular flexibility index (Phi) is 12.6. The Hall–Kier alpha value is -3.10. The Morgan fingerprint density at radius 3 is 1.38 bits per heavy atom. The van der Waals surface area contributed by atoms with Gasteiger partial charge in [-0.3, -0.25) is 0 Å². The first-order chi connectivity index (χ1) is 25.1. The molecule has 1 heterocycles. The van der Waals surface area contributed by atoms with Gasteiger partial charge in [0, 0.05) is 18.4 Å². The zero-order valence-electron chi connectivity index (χ0n) is 31.3. The van der Waals surface area contributed by atoms with Gasteiger partial charge in [0.25, 0.3) is 8.32 Å². The summed E-state index contributed by atoms with van der Waals surface area (Å²) < 4.78 is 14.4. The first kappa shape index (κ1) is 38.6. The second-order valence-electron chi connectivity index (χ2n) is 15.1. The molecule has 5 aromatic carbocycles. The molecule has 1 aliphatic rings. The molecule has 272 valence electrons. The molecule has 3 atom stereocenters. The summed E-state index contributed by atoms with van der Waals surface area (Å²) >= 11 is 4.02. The lowest BCUT2D eigenvalue weighted by atomic mass is 9.80. The summed E-state index contributed by atoms with van der Waals surface area (Å²) in [5, 5.41) is 14.8. The molecule has 1 aliphatic heterocycles. The SMILES string of the molecule is CC(C(O)COC(c1ccccc1)(c1ccccc1)c1ccccc1)C1([C@@H](C)CO[Si](c2ccccc2)(c2ccccc2)C(C)(C)C)SCCCS1. The Bertz CT molecular complexity index is 1660. The van der Waals surface area contributed by atoms with Gasteiger partial charge in [-0.25, -0.2) is 0 Å². The van der Waals surface area contributed by atoms with Crippen LogP contribution in [0.3, 0.4) is 0 Å². The van der Waals surface area contributed by atoms with E-state index in [1.165, 1.54) is 10.4 Å². The van der Waals surface area contributed by atoms with E-state index in [4.69, 9.17) is 9.16 Å². The summed E-state index contributed by atoms with van der Waals surface area (Å²) in [7, 11) is -2.73. The largest absolute Gasteiger partial charge is 0.407 e. The van der Waals surface area contributed by atoms with Crippen molar-refractivity contribution in [1.82, 2.24) is 0 Å². The highest BCUT2D eigenvalue weighted by molar-refractivity contribution is 8.18. The minimum absolute atomic E-state index is 0.0689. The Labute approximate surface area is 321 Å². The lowest BCUT2D eigenvalue weighted by Crippen LogP contribution is -2.67. The highest BCUT2D eigenvalue weighted by atomic mass is 32.2. The molecular weight excluding hydrogens is 693 g/mol. The van der Waals surface area contributed by atoms with Crippen LogP contribution in [-0.2, 0) is 14.8 Å². The first-order valence-corrected chi connectivity index (χ1v) is 22.5. The van der Waals surface area contributed by atoms with E-state index in [1.54, 1.807) is 0 Å². The van der Waals surface area contributed by atoms with Crippen molar-refractivity contribution in [3.05, 3.63) is 168 Å². The van der Waals surface area contributed by atoms with E-state index in [1.807, 2.05) is 41.7 Å². The fourth-order valence-corrected chi connectivity index (χ4v) is 16.5. The monoisotopic (exact) mass is 746 g/mol. The minimum atomic E-state index is -2.73. The molecule has 1 fully saturated rings. The molecule has 1 N–H and O–H groups in total. The number of aliphatic hydroxyl groups is 1. The number of hydrogen-bond acceptors (Lipinski definition) is 5. The van der Waals surface area contributed by atoms with Crippen molar-refractivity contribution in [2.75, 3.05) is 24.7 Å². The number of hydrogen-bond donors (Lipinski definition) is 1. The number of benzene rings is 5. The van der Waals surface area contributed by atoms with E-state index in [0.717, 1.165) is 34.6 Å². The van der Waals surface area contributed by atoms with Crippen LogP contribution in [0.15, 0.2) is 152 Å². The quantitative estimate of drug-likeness (QED) is 0.0906. The van der Waals surface area contributed by atoms with Crippen LogP contribution >= 0.6 is 23.5 Å². The highest BCUT2D eigenvalue weighted by Gasteiger charge is 2.53. The lowest BCUT2D eigenvalue weighted by molar-refractivity contribution is -0.0570. The fraction of sp³-hybridized carbons (Fsp3) is 0.348. The maximum absolute atomic E-state index is 12.3. The predicted molar refractivity (Wildman–Crippen MR) is 225 cm³/mol. The van der Waals surface area contributed by atoms with Gasteiger partial charge in [0.05, 0.1) is 16.8 Å². The van der Waals surface area contributed by atoms with Crippen LogP contribution in [-0.4, -0.2) is 48.3 Å². The molecule has 0 amide bonds. The van der Waals surface area contributed by atoms with E-state index < -0.39 is 20.0 Å². The zero-order valence-corrected chi connectivity index (χ0v) is 33.9. The molecule has 1 saturated heterocycles. The van der Waals surface area contributed by atoms with Gasteiger partial charge in [-0.15, -0.1) is 23.5 Å². The molecule has 3 nitrogen and oxygen atoms in total. The smallest absolute Gasteiger partial charge is 0.261 e. The first-order valence-electron chi connectivity index (χ1n) is 18.7. The molecule has 0 radical (unpaired) electrons. The van der Waals surface area contributed by atoms with E-state index in [2.05, 4.69) is 168 Å². The van der Waals surface area contributed by atoms with Crippen LogP contribution < -0.4 is 10.4 Å². The van der Waals surface area contributed by atoms with Crippen LogP contribution in [0, 0.1) is 11.8 Å². The fourth-order valence-electron chi connectivity index (χ4n) is 8.08. The van der Waals surface area contributed by atoms with E-state index in [-0.39, 0.29) is 27.6 Å². The summed E-state index contributed by atoms with van der Waals surface area (Å²) in [5.74, 6) is 2.23. The van der Waals surface area contributed by atoms with Gasteiger partial charge in [-0.2, -0.15) is 0 Å². The van der Waals surface area contributed by atoms with Gasteiger partial charge in [0.15, 0.2) is 0 Å². The molecule has 0 bridgehead atoms. The van der Waals surface area contributed by atoms with Crippen molar-refractivity contribution in [2.45, 2.75) is 61.9 Å². The minimum Gasteiger partial charge on any atom is -0.407 e. The van der Waals surface area contributed by atoms with Crippen molar-refractivity contribution >= 4 is 42.2 Å². The van der Waals surface area contributed by atoms with Gasteiger partial charge in [-0.1, -0.05) is 186 Å². The van der Waals surface area contributed by atoms with Gasteiger partial charge >= 0.3 is 0 Å². The third-order valence-corrected chi connectivity index (χ3v) is 20.0. The zero-order chi connectivity index (χ0) is 36.7. The summed E-state index contributed by atoms with van der Waals surface area (Å²) in [6, 6.07) is 53.1. The maximum Gasteiger partial charge on any atom is 0.261 e. The van der Waals surface area contributed by atoms with Gasteiger partial charge < -0.3 is 14.3 Å². The van der Waals surface area contributed by atoms with Crippen LogP contribution in [0.1, 0.15) is 57.7 Å². The highest BCUT2D eigenvalue weighted by Crippen LogP contribution is 2.54. The van der Waals surface area contributed by atoms with Crippen molar-refractivity contribution in [1.29, 1.82) is 0 Å². The Morgan fingerprint density at radius 2 is 1.00 bits per heavy atom. The number of aliphatic hydroxyl groups excluding tert-OH is 1. The van der Waals surface area contributed by atoms with Crippen molar-refractivity contribution in [2.24, 2.45) is 11.8 Å². The Morgan fingerprint density at radius 1 is 0.615 bits per heavy atom. The molecule has 52 heavy (non-hydrogen) atoms. The Balaban J connectivity index is 1.32. The molecule has 0 aliphatic carbocycles. The summed E-state index contributed by atoms with van der Waals surface area (Å²) in [6.07, 6.45) is 0.460. The van der Waals surface area contributed by atoms with Crippen LogP contribution in [0.25, 0.3) is 0 Å². The predicted octanol–water partition coefficient (Wildman–Crippen LogP) is 9.77. The summed E-state index contributed by atoms with van der Waals surface area (Å²) in [5.41, 5.74) is 2.23. The number of thioether (sulfide) groups is 2. The van der Waals surface area contributed by atoms with Gasteiger partial charge in [0.1, 0.15) is 5.60 Å². The average molecular weight is 747 g/mol. The summed E-state index contributed by atoms with van der Waals surface area (Å²) in [4.78, 5) is 0. The number of ether oxygens (including phenoxy) is 1. The molecule has 0 aromatic heterocycles. The lowest BCUT2D eigenvalue weighted by Gasteiger charge is -2.49. The second kappa shape index (κ2) is 16.9. The van der Waals surface area contributed by atoms with E-state index in [0.29, 0.717) is 6.61 Å². The third kappa shape index (κ3) is 7.62. The van der Waals surface area contributed by atoms with Gasteiger partial charge in [-0.05, 0) is 50.0 Å². The molecule has 0 spiro atoms. The molecule has 6 heteroatoms. The van der Waals surface area contributed by atoms with Crippen molar-refractivity contribution in [3.63, 3.8) is 0 Å². The van der Waals surface area contributed by atoms with E-state index in [9.17, 15) is 5.11 Å². The number of rotatable bonds is 14. The van der Waals surface area contributed by atoms with Crippen molar-refractivity contribution in [3.8, 4) is 0 Å². The molecule has 0 saturated carbocycles. The van der Waals surface area contributed by atoms with Crippen LogP contribution in [0.2, 0.25) is 5.04 Å². The topological polar surface area (TPSA) is 38.7 Å². The molecule has 6 rings (SSSR count). The maximum atomic E-state index is 12.3. The molecule has 5 aromatic rings. The third-order valence-electron chi connectivity index (χ3n) is 10.8. The molecule has 2 unspecified atom stereocenters. The summed E-state index contributed by atoms with van der Waals surface area (Å²) in [6.45, 7) is 12.4. The second-order valence-corrected chi connectivity index (χ2v) is 22.4. The van der Waals surface area contributed by atoms with Crippen molar-refractivity contribution < 1.29 is 14.3 Å². The van der Waals surface area contributed by atoms with E-state index >= 15 is 0 Å². The van der Waals surface area contributed by atoms with Crippen LogP contribution in [0.4, 0.5) is 0 Å². The van der Waals surface area contributed by atoms with Crippen LogP contribution in [0.5, 0.6) is 0 Å². The van der Waals surface area contributed by atoms with Gasteiger partial charge in [0.2, 0.25) is 0 Å². The average Bonchev–Trinajstić information content (AvgIpc) is 3.19. The standard InChI is InChI=1S/C46H54O3S2Si/c1-36(34-49-52(44(3,4)5,41-28-17-9-18-29-41)42-30-19-10-20-31-42)46(50-32-21-33-51-46)37(2)43(47)35-48-45(38-22-11-6-12-23-38,39-24-13-7-14-25-39)40-26-15-8-16-27-40/h6-20,22-31,36-37,43,47H,21,32-35H2,1-5H3/t36-,37?,43?/m0/s1.